The van der Waals surface area contributed by atoms with Crippen molar-refractivity contribution in [1.82, 2.24) is 4.90 Å². The van der Waals surface area contributed by atoms with E-state index >= 15 is 0 Å². The Morgan fingerprint density at radius 3 is 2.43 bits per heavy atom. The fourth-order valence-electron chi connectivity index (χ4n) is 2.22. The highest BCUT2D eigenvalue weighted by Crippen LogP contribution is 2.19. The van der Waals surface area contributed by atoms with Gasteiger partial charge < -0.3 is 19.6 Å². The Morgan fingerprint density at radius 1 is 1.17 bits per heavy atom. The van der Waals surface area contributed by atoms with Crippen molar-refractivity contribution in [3.05, 3.63) is 36.9 Å². The fraction of sp³-hybridized carbons (Fsp3) is 0.500. The summed E-state index contributed by atoms with van der Waals surface area (Å²) in [5.41, 5.74) is 0.841. The maximum absolute atomic E-state index is 9.27. The third-order valence-corrected chi connectivity index (χ3v) is 3.93. The Bertz CT molecular complexity index is 476. The zero-order valence-electron chi connectivity index (χ0n) is 14.2. The van der Waals surface area contributed by atoms with Gasteiger partial charge in [-0.3, -0.25) is 0 Å². The van der Waals surface area contributed by atoms with Crippen molar-refractivity contribution in [2.24, 2.45) is 0 Å². The number of ether oxygens (including phenoxy) is 1. The molecule has 0 aliphatic heterocycles. The molecule has 1 rings (SSSR count). The van der Waals surface area contributed by atoms with Gasteiger partial charge in [0, 0.05) is 19.3 Å². The van der Waals surface area contributed by atoms with Crippen LogP contribution in [0.5, 0.6) is 5.75 Å². The van der Waals surface area contributed by atoms with Crippen molar-refractivity contribution < 1.29 is 9.84 Å². The van der Waals surface area contributed by atoms with Gasteiger partial charge in [0.2, 0.25) is 0 Å². The Balaban J connectivity index is 2.14. The molecule has 0 amide bonds. The molecule has 0 unspecified atom stereocenters. The minimum atomic E-state index is -0.141. The van der Waals surface area contributed by atoms with Crippen molar-refractivity contribution in [2.75, 3.05) is 38.7 Å². The fourth-order valence-corrected chi connectivity index (χ4v) is 2.32. The first-order valence-electron chi connectivity index (χ1n) is 8.03. The summed E-state index contributed by atoms with van der Waals surface area (Å²) in [5, 5.41) is 9.13. The van der Waals surface area contributed by atoms with Gasteiger partial charge in [0.05, 0.1) is 6.61 Å². The Hall–Kier alpha value is -1.59. The maximum atomic E-state index is 9.27. The molecule has 0 atom stereocenters. The summed E-state index contributed by atoms with van der Waals surface area (Å²) >= 11 is 4.73. The number of unbranched alkanes of at least 4 members (excludes halogenated alkanes) is 3. The van der Waals surface area contributed by atoms with E-state index in [2.05, 4.69) is 18.5 Å². The van der Waals surface area contributed by atoms with Crippen molar-refractivity contribution in [3.63, 3.8) is 0 Å². The monoisotopic (exact) mass is 336 g/mol. The molecule has 128 valence electrons. The molecule has 0 heterocycles. The molecule has 0 aliphatic rings. The van der Waals surface area contributed by atoms with Crippen LogP contribution >= 0.6 is 12.2 Å². The summed E-state index contributed by atoms with van der Waals surface area (Å²) in [5.74, 6) is 0.844. The van der Waals surface area contributed by atoms with E-state index in [0.29, 0.717) is 0 Å². The minimum Gasteiger partial charge on any atom is -0.494 e. The first-order chi connectivity index (χ1) is 11.0. The van der Waals surface area contributed by atoms with Gasteiger partial charge in [-0.05, 0) is 62.9 Å². The van der Waals surface area contributed by atoms with Crippen LogP contribution in [0, 0.1) is 0 Å². The smallest absolute Gasteiger partial charge is 0.261 e. The summed E-state index contributed by atoms with van der Waals surface area (Å²) in [6, 6.07) is 7.56. The molecular formula is C18H28N2O2S. The van der Waals surface area contributed by atoms with Crippen LogP contribution in [-0.2, 0) is 0 Å². The number of rotatable bonds is 11. The zero-order chi connectivity index (χ0) is 17.1. The number of aliphatic hydroxyl groups excluding tert-OH is 1. The number of hydrogen-bond acceptors (Lipinski definition) is 3. The standard InChI is InChI=1S/C18H28N2O2S/c1-4-13-19(2)14-7-5-6-8-15-22-17-11-9-16(10-12-17)20(3)18(21)23/h4,9-12H,1,5-8,13-15H2,2-3H3,(H,21,23). The number of hydrogen-bond donors (Lipinski definition) is 1. The molecule has 0 saturated carbocycles. The lowest BCUT2D eigenvalue weighted by molar-refractivity contribution is 0.300. The quantitative estimate of drug-likeness (QED) is 0.375. The summed E-state index contributed by atoms with van der Waals surface area (Å²) in [4.78, 5) is 3.82. The van der Waals surface area contributed by atoms with Crippen LogP contribution in [0.25, 0.3) is 0 Å². The van der Waals surface area contributed by atoms with Gasteiger partial charge in [-0.25, -0.2) is 0 Å². The molecule has 0 bridgehead atoms. The van der Waals surface area contributed by atoms with Crippen LogP contribution in [0.15, 0.2) is 36.9 Å². The van der Waals surface area contributed by atoms with Gasteiger partial charge in [-0.15, -0.1) is 6.58 Å². The van der Waals surface area contributed by atoms with E-state index in [1.165, 1.54) is 19.3 Å². The topological polar surface area (TPSA) is 35.9 Å². The van der Waals surface area contributed by atoms with E-state index in [9.17, 15) is 5.11 Å². The molecule has 0 radical (unpaired) electrons. The average molecular weight is 337 g/mol. The van der Waals surface area contributed by atoms with Crippen LogP contribution in [-0.4, -0.2) is 49.0 Å². The molecule has 0 spiro atoms. The van der Waals surface area contributed by atoms with Crippen molar-refractivity contribution >= 4 is 23.1 Å². The Morgan fingerprint density at radius 2 is 1.83 bits per heavy atom. The zero-order valence-corrected chi connectivity index (χ0v) is 15.0. The molecule has 1 aromatic carbocycles. The molecule has 0 fully saturated rings. The lowest BCUT2D eigenvalue weighted by atomic mass is 10.2. The molecule has 0 aliphatic carbocycles. The summed E-state index contributed by atoms with van der Waals surface area (Å²) in [6.07, 6.45) is 6.62. The van der Waals surface area contributed by atoms with Gasteiger partial charge in [0.25, 0.3) is 5.17 Å². The second kappa shape index (κ2) is 11.0. The third kappa shape index (κ3) is 8.00. The average Bonchev–Trinajstić information content (AvgIpc) is 2.54. The van der Waals surface area contributed by atoms with E-state index in [-0.39, 0.29) is 5.17 Å². The highest BCUT2D eigenvalue weighted by molar-refractivity contribution is 7.80. The van der Waals surface area contributed by atoms with Gasteiger partial charge in [-0.2, -0.15) is 0 Å². The molecule has 5 heteroatoms. The predicted molar refractivity (Wildman–Crippen MR) is 102 cm³/mol. The van der Waals surface area contributed by atoms with Gasteiger partial charge in [0.15, 0.2) is 0 Å². The number of aliphatic hydroxyl groups is 1. The van der Waals surface area contributed by atoms with E-state index < -0.39 is 0 Å². The number of nitrogens with zero attached hydrogens (tertiary/aromatic N) is 2. The second-order valence-corrected chi connectivity index (χ2v) is 6.01. The Labute approximate surface area is 145 Å². The highest BCUT2D eigenvalue weighted by atomic mass is 32.1. The molecule has 0 aromatic heterocycles. The largest absolute Gasteiger partial charge is 0.494 e. The van der Waals surface area contributed by atoms with Crippen molar-refractivity contribution in [2.45, 2.75) is 25.7 Å². The molecule has 0 saturated heterocycles. The van der Waals surface area contributed by atoms with Crippen LogP contribution < -0.4 is 9.64 Å². The van der Waals surface area contributed by atoms with Crippen LogP contribution in [0.2, 0.25) is 0 Å². The van der Waals surface area contributed by atoms with Crippen LogP contribution in [0.1, 0.15) is 25.7 Å². The SMILES string of the molecule is C=CCN(C)CCCCCCOc1ccc(N(C)C(O)=S)cc1. The van der Waals surface area contributed by atoms with E-state index in [4.69, 9.17) is 17.0 Å². The first kappa shape index (κ1) is 19.5. The molecule has 4 nitrogen and oxygen atoms in total. The van der Waals surface area contributed by atoms with Gasteiger partial charge in [-0.1, -0.05) is 18.9 Å². The normalized spacial score (nSPS) is 10.6. The minimum absolute atomic E-state index is 0.141. The summed E-state index contributed by atoms with van der Waals surface area (Å²) in [6.45, 7) is 6.55. The van der Waals surface area contributed by atoms with Crippen LogP contribution in [0.3, 0.4) is 0 Å². The van der Waals surface area contributed by atoms with Crippen molar-refractivity contribution in [3.8, 4) is 5.75 Å². The predicted octanol–water partition coefficient (Wildman–Crippen LogP) is 4.02. The van der Waals surface area contributed by atoms with Gasteiger partial charge in [0.1, 0.15) is 5.75 Å². The third-order valence-electron chi connectivity index (χ3n) is 3.65. The maximum Gasteiger partial charge on any atom is 0.261 e. The lowest BCUT2D eigenvalue weighted by Gasteiger charge is -2.16. The molecule has 1 aromatic rings. The number of anilines is 1. The summed E-state index contributed by atoms with van der Waals surface area (Å²) in [7, 11) is 3.85. The van der Waals surface area contributed by atoms with E-state index in [0.717, 1.165) is 37.6 Å². The number of thiocarbonyl (C=S) groups is 1. The molecule has 23 heavy (non-hydrogen) atoms. The van der Waals surface area contributed by atoms with Gasteiger partial charge >= 0.3 is 0 Å². The number of benzene rings is 1. The second-order valence-electron chi connectivity index (χ2n) is 5.65. The highest BCUT2D eigenvalue weighted by Gasteiger charge is 2.04. The molecule has 1 N–H and O–H groups in total. The van der Waals surface area contributed by atoms with Crippen LogP contribution in [0.4, 0.5) is 5.69 Å². The number of likely N-dealkylation sites (N-methyl/N-ethyl adjacent to an activating group) is 1. The van der Waals surface area contributed by atoms with E-state index in [1.807, 2.05) is 30.3 Å². The molecular weight excluding hydrogens is 308 g/mol. The lowest BCUT2D eigenvalue weighted by Crippen LogP contribution is -2.23. The Kier molecular flexibility index (Phi) is 9.33. The van der Waals surface area contributed by atoms with E-state index in [1.54, 1.807) is 11.9 Å². The first-order valence-corrected chi connectivity index (χ1v) is 8.44. The summed E-state index contributed by atoms with van der Waals surface area (Å²) < 4.78 is 5.73. The van der Waals surface area contributed by atoms with Crippen molar-refractivity contribution in [1.29, 1.82) is 0 Å².